The van der Waals surface area contributed by atoms with Crippen LogP contribution in [0.1, 0.15) is 28.4 Å². The molecule has 0 fully saturated rings. The molecule has 3 aromatic carbocycles. The highest BCUT2D eigenvalue weighted by atomic mass is 16.3. The summed E-state index contributed by atoms with van der Waals surface area (Å²) < 4.78 is 0. The molecule has 1 amide bonds. The minimum atomic E-state index is -0.286. The van der Waals surface area contributed by atoms with E-state index in [0.29, 0.717) is 29.1 Å². The van der Waals surface area contributed by atoms with Crippen LogP contribution in [0.3, 0.4) is 0 Å². The summed E-state index contributed by atoms with van der Waals surface area (Å²) in [5.41, 5.74) is 3.10. The molecule has 0 aromatic heterocycles. The molecule has 0 saturated heterocycles. The number of ketones is 1. The standard InChI is InChI=1S/C24H21N3O3/c1-16(2)24(30)25-15-17-8-10-19(11-9-17)26-27-20-12-13-22(28)21(14-20)23(29)18-6-4-3-5-7-18/h3-14,28H,1,15H2,2H3,(H,25,30). The van der Waals surface area contributed by atoms with Crippen LogP contribution in [0.2, 0.25) is 0 Å². The van der Waals surface area contributed by atoms with Crippen molar-refractivity contribution in [1.29, 1.82) is 0 Å². The number of benzene rings is 3. The molecule has 3 rings (SSSR count). The molecule has 0 heterocycles. The summed E-state index contributed by atoms with van der Waals surface area (Å²) in [7, 11) is 0. The van der Waals surface area contributed by atoms with Gasteiger partial charge in [0.2, 0.25) is 5.91 Å². The van der Waals surface area contributed by atoms with E-state index in [1.165, 1.54) is 12.1 Å². The number of azo groups is 1. The number of nitrogens with zero attached hydrogens (tertiary/aromatic N) is 2. The molecule has 30 heavy (non-hydrogen) atoms. The summed E-state index contributed by atoms with van der Waals surface area (Å²) in [4.78, 5) is 24.2. The summed E-state index contributed by atoms with van der Waals surface area (Å²) >= 11 is 0. The molecule has 150 valence electrons. The molecule has 0 atom stereocenters. The number of aromatic hydroxyl groups is 1. The maximum absolute atomic E-state index is 12.6. The molecular formula is C24H21N3O3. The zero-order chi connectivity index (χ0) is 21.5. The van der Waals surface area contributed by atoms with E-state index in [-0.39, 0.29) is 23.0 Å². The third-order valence-electron chi connectivity index (χ3n) is 4.32. The molecule has 0 radical (unpaired) electrons. The molecule has 2 N–H and O–H groups in total. The van der Waals surface area contributed by atoms with Crippen molar-refractivity contribution >= 4 is 23.1 Å². The van der Waals surface area contributed by atoms with Crippen molar-refractivity contribution in [2.24, 2.45) is 10.2 Å². The fourth-order valence-corrected chi connectivity index (χ4v) is 2.64. The van der Waals surface area contributed by atoms with Crippen LogP contribution in [0.5, 0.6) is 5.75 Å². The van der Waals surface area contributed by atoms with Gasteiger partial charge in [-0.15, -0.1) is 0 Å². The monoisotopic (exact) mass is 399 g/mol. The molecular weight excluding hydrogens is 378 g/mol. The molecule has 3 aromatic rings. The van der Waals surface area contributed by atoms with E-state index in [1.54, 1.807) is 49.4 Å². The Morgan fingerprint density at radius 2 is 1.57 bits per heavy atom. The highest BCUT2D eigenvalue weighted by molar-refractivity contribution is 6.11. The summed E-state index contributed by atoms with van der Waals surface area (Å²) in [6.07, 6.45) is 0. The van der Waals surface area contributed by atoms with Crippen molar-refractivity contribution in [3.8, 4) is 5.75 Å². The van der Waals surface area contributed by atoms with E-state index in [0.717, 1.165) is 5.56 Å². The Labute approximate surface area is 174 Å². The molecule has 6 nitrogen and oxygen atoms in total. The minimum absolute atomic E-state index is 0.107. The summed E-state index contributed by atoms with van der Waals surface area (Å²) in [6.45, 7) is 5.65. The third-order valence-corrected chi connectivity index (χ3v) is 4.32. The molecule has 0 aliphatic rings. The third kappa shape index (κ3) is 5.26. The molecule has 0 unspecified atom stereocenters. The maximum atomic E-state index is 12.6. The molecule has 0 aliphatic carbocycles. The number of rotatable bonds is 7. The first kappa shape index (κ1) is 20.7. The first-order valence-electron chi connectivity index (χ1n) is 9.31. The van der Waals surface area contributed by atoms with E-state index in [2.05, 4.69) is 22.1 Å². The fourth-order valence-electron chi connectivity index (χ4n) is 2.64. The van der Waals surface area contributed by atoms with Crippen molar-refractivity contribution in [1.82, 2.24) is 5.32 Å². The van der Waals surface area contributed by atoms with Crippen LogP contribution in [0, 0.1) is 0 Å². The van der Waals surface area contributed by atoms with Crippen LogP contribution in [0.4, 0.5) is 11.4 Å². The number of phenolic OH excluding ortho intramolecular Hbond substituents is 1. The second-order valence-corrected chi connectivity index (χ2v) is 6.73. The molecule has 0 spiro atoms. The Morgan fingerprint density at radius 1 is 0.933 bits per heavy atom. The van der Waals surface area contributed by atoms with Gasteiger partial charge in [0.25, 0.3) is 0 Å². The van der Waals surface area contributed by atoms with Gasteiger partial charge in [-0.1, -0.05) is 49.0 Å². The predicted molar refractivity (Wildman–Crippen MR) is 115 cm³/mol. The van der Waals surface area contributed by atoms with Gasteiger partial charge in [-0.3, -0.25) is 9.59 Å². The number of hydrogen-bond donors (Lipinski definition) is 2. The van der Waals surface area contributed by atoms with Crippen LogP contribution >= 0.6 is 0 Å². The molecule has 0 aliphatic heterocycles. The van der Waals surface area contributed by atoms with E-state index in [9.17, 15) is 14.7 Å². The Hall–Kier alpha value is -4.06. The largest absolute Gasteiger partial charge is 0.507 e. The number of carbonyl (C=O) groups excluding carboxylic acids is 2. The van der Waals surface area contributed by atoms with Gasteiger partial charge in [0.15, 0.2) is 5.78 Å². The van der Waals surface area contributed by atoms with Crippen molar-refractivity contribution in [2.45, 2.75) is 13.5 Å². The Balaban J connectivity index is 1.71. The zero-order valence-corrected chi connectivity index (χ0v) is 16.5. The number of amides is 1. The van der Waals surface area contributed by atoms with Gasteiger partial charge in [-0.25, -0.2) is 0 Å². The van der Waals surface area contributed by atoms with E-state index in [1.807, 2.05) is 18.2 Å². The average Bonchev–Trinajstić information content (AvgIpc) is 2.77. The lowest BCUT2D eigenvalue weighted by atomic mass is 10.0. The fraction of sp³-hybridized carbons (Fsp3) is 0.0833. The second kappa shape index (κ2) is 9.43. The van der Waals surface area contributed by atoms with Gasteiger partial charge < -0.3 is 10.4 Å². The highest BCUT2D eigenvalue weighted by Gasteiger charge is 2.14. The number of phenols is 1. The van der Waals surface area contributed by atoms with Gasteiger partial charge >= 0.3 is 0 Å². The van der Waals surface area contributed by atoms with E-state index < -0.39 is 0 Å². The van der Waals surface area contributed by atoms with Crippen molar-refractivity contribution < 1.29 is 14.7 Å². The van der Waals surface area contributed by atoms with Gasteiger partial charge in [0.05, 0.1) is 16.9 Å². The first-order valence-corrected chi connectivity index (χ1v) is 9.31. The number of nitrogens with one attached hydrogen (secondary N) is 1. The van der Waals surface area contributed by atoms with E-state index in [4.69, 9.17) is 0 Å². The quantitative estimate of drug-likeness (QED) is 0.324. The predicted octanol–water partition coefficient (Wildman–Crippen LogP) is 5.23. The number of hydrogen-bond acceptors (Lipinski definition) is 5. The molecule has 0 bridgehead atoms. The zero-order valence-electron chi connectivity index (χ0n) is 16.5. The van der Waals surface area contributed by atoms with E-state index >= 15 is 0 Å². The van der Waals surface area contributed by atoms with Crippen molar-refractivity contribution in [3.63, 3.8) is 0 Å². The summed E-state index contributed by atoms with van der Waals surface area (Å²) in [6, 6.07) is 20.5. The minimum Gasteiger partial charge on any atom is -0.507 e. The van der Waals surface area contributed by atoms with Crippen LogP contribution < -0.4 is 5.32 Å². The number of carbonyl (C=O) groups is 2. The normalized spacial score (nSPS) is 10.7. The van der Waals surface area contributed by atoms with Gasteiger partial charge in [0.1, 0.15) is 5.75 Å². The van der Waals surface area contributed by atoms with Gasteiger partial charge in [-0.2, -0.15) is 10.2 Å². The van der Waals surface area contributed by atoms with Crippen LogP contribution in [-0.2, 0) is 11.3 Å². The lowest BCUT2D eigenvalue weighted by molar-refractivity contribution is -0.117. The Bertz CT molecular complexity index is 1100. The van der Waals surface area contributed by atoms with Crippen LogP contribution in [-0.4, -0.2) is 16.8 Å². The van der Waals surface area contributed by atoms with Crippen LogP contribution in [0.25, 0.3) is 0 Å². The SMILES string of the molecule is C=C(C)C(=O)NCc1ccc(N=Nc2ccc(O)c(C(=O)c3ccccc3)c2)cc1. The van der Waals surface area contributed by atoms with Gasteiger partial charge in [-0.05, 0) is 42.8 Å². The van der Waals surface area contributed by atoms with Crippen molar-refractivity contribution in [3.05, 3.63) is 102 Å². The summed E-state index contributed by atoms with van der Waals surface area (Å²) in [5, 5.41) is 21.2. The lowest BCUT2D eigenvalue weighted by Crippen LogP contribution is -2.22. The topological polar surface area (TPSA) is 91.1 Å². The van der Waals surface area contributed by atoms with Gasteiger partial charge in [0, 0.05) is 17.7 Å². The lowest BCUT2D eigenvalue weighted by Gasteiger charge is -2.05. The van der Waals surface area contributed by atoms with Crippen molar-refractivity contribution in [2.75, 3.05) is 0 Å². The second-order valence-electron chi connectivity index (χ2n) is 6.73. The highest BCUT2D eigenvalue weighted by Crippen LogP contribution is 2.27. The maximum Gasteiger partial charge on any atom is 0.246 e. The smallest absolute Gasteiger partial charge is 0.246 e. The Morgan fingerprint density at radius 3 is 2.23 bits per heavy atom. The Kier molecular flexibility index (Phi) is 6.49. The molecule has 6 heteroatoms. The average molecular weight is 399 g/mol. The summed E-state index contributed by atoms with van der Waals surface area (Å²) in [5.74, 6) is -0.581. The molecule has 0 saturated carbocycles. The first-order chi connectivity index (χ1) is 14.4. The van der Waals surface area contributed by atoms with Crippen LogP contribution in [0.15, 0.2) is 95.2 Å².